The number of nitrogens with zero attached hydrogens (tertiary/aromatic N) is 2. The van der Waals surface area contributed by atoms with Gasteiger partial charge in [-0.3, -0.25) is 4.79 Å². The molecule has 0 spiro atoms. The molecule has 152 valence electrons. The summed E-state index contributed by atoms with van der Waals surface area (Å²) in [5.41, 5.74) is 1.14. The van der Waals surface area contributed by atoms with E-state index in [1.54, 1.807) is 17.8 Å². The molecule has 28 heavy (non-hydrogen) atoms. The molecule has 2 heterocycles. The average Bonchev–Trinajstić information content (AvgIpc) is 2.90. The standard InChI is InChI=1S/C19H24F2N4O2S/c1-11(2)16-8-6-13-17(28(27,22-3)24-16)10-25(4)18(13)19(26)23-12-5-7-14(20)15(21)9-12/h5,7,9-11,16H,6,8H2,1-4H3,(H,23,26)(H,22,24,27)/t16-,28?/m1/s1. The first kappa shape index (κ1) is 20.5. The summed E-state index contributed by atoms with van der Waals surface area (Å²) in [4.78, 5) is 13.4. The largest absolute Gasteiger partial charge is 0.345 e. The number of benzene rings is 1. The van der Waals surface area contributed by atoms with Gasteiger partial charge in [0.25, 0.3) is 5.91 Å². The number of carbonyl (C=O) groups excluding carboxylic acids is 1. The quantitative estimate of drug-likeness (QED) is 0.813. The van der Waals surface area contributed by atoms with Crippen molar-refractivity contribution in [3.05, 3.63) is 47.3 Å². The fourth-order valence-electron chi connectivity index (χ4n) is 3.44. The van der Waals surface area contributed by atoms with Crippen molar-refractivity contribution in [1.29, 1.82) is 0 Å². The van der Waals surface area contributed by atoms with Gasteiger partial charge in [-0.05, 0) is 30.9 Å². The van der Waals surface area contributed by atoms with Crippen molar-refractivity contribution in [1.82, 2.24) is 9.29 Å². The predicted octanol–water partition coefficient (Wildman–Crippen LogP) is 3.49. The van der Waals surface area contributed by atoms with Gasteiger partial charge in [0.2, 0.25) is 0 Å². The molecule has 0 fully saturated rings. The van der Waals surface area contributed by atoms with Gasteiger partial charge in [0.05, 0.1) is 4.90 Å². The number of anilines is 1. The lowest BCUT2D eigenvalue weighted by atomic mass is 9.97. The maximum atomic E-state index is 13.5. The highest BCUT2D eigenvalue weighted by Gasteiger charge is 2.32. The molecule has 1 amide bonds. The molecule has 1 aliphatic heterocycles. The second kappa shape index (κ2) is 7.63. The molecule has 0 aliphatic carbocycles. The number of rotatable bonds is 3. The van der Waals surface area contributed by atoms with E-state index in [0.29, 0.717) is 29.0 Å². The fraction of sp³-hybridized carbons (Fsp3) is 0.421. The molecule has 9 heteroatoms. The van der Waals surface area contributed by atoms with Crippen molar-refractivity contribution in [3.63, 3.8) is 0 Å². The zero-order valence-corrected chi connectivity index (χ0v) is 17.1. The Morgan fingerprint density at radius 3 is 2.68 bits per heavy atom. The lowest BCUT2D eigenvalue weighted by Crippen LogP contribution is -2.37. The van der Waals surface area contributed by atoms with Gasteiger partial charge >= 0.3 is 0 Å². The van der Waals surface area contributed by atoms with E-state index in [1.165, 1.54) is 13.1 Å². The SMILES string of the molecule is CN=S1(=O)N[C@@H](C(C)C)CCc2c1cn(C)c2C(=O)Nc1ccc(F)c(F)c1. The Morgan fingerprint density at radius 2 is 2.07 bits per heavy atom. The molecule has 1 unspecified atom stereocenters. The molecule has 2 aromatic rings. The van der Waals surface area contributed by atoms with E-state index in [2.05, 4.69) is 14.4 Å². The second-order valence-corrected chi connectivity index (χ2v) is 9.32. The Morgan fingerprint density at radius 1 is 1.36 bits per heavy atom. The summed E-state index contributed by atoms with van der Waals surface area (Å²) in [6.45, 7) is 4.08. The third-order valence-corrected chi connectivity index (χ3v) is 7.10. The highest BCUT2D eigenvalue weighted by Crippen LogP contribution is 2.30. The number of hydrogen-bond acceptors (Lipinski definition) is 3. The third kappa shape index (κ3) is 3.68. The Kier molecular flexibility index (Phi) is 5.58. The van der Waals surface area contributed by atoms with Crippen LogP contribution in [0.15, 0.2) is 33.7 Å². The van der Waals surface area contributed by atoms with Gasteiger partial charge in [-0.2, -0.15) is 0 Å². The molecule has 1 aromatic carbocycles. The van der Waals surface area contributed by atoms with Crippen LogP contribution >= 0.6 is 0 Å². The second-order valence-electron chi connectivity index (χ2n) is 7.23. The third-order valence-electron chi connectivity index (χ3n) is 5.02. The minimum atomic E-state index is -2.87. The van der Waals surface area contributed by atoms with Crippen molar-refractivity contribution < 1.29 is 17.8 Å². The Bertz CT molecular complexity index is 1040. The van der Waals surface area contributed by atoms with Crippen LogP contribution < -0.4 is 10.0 Å². The molecule has 6 nitrogen and oxygen atoms in total. The molecule has 0 saturated carbocycles. The number of hydrogen-bond donors (Lipinski definition) is 2. The Hall–Kier alpha value is -2.26. The average molecular weight is 410 g/mol. The van der Waals surface area contributed by atoms with Crippen molar-refractivity contribution in [2.75, 3.05) is 12.4 Å². The Balaban J connectivity index is 2.02. The highest BCUT2D eigenvalue weighted by molar-refractivity contribution is 7.91. The fourth-order valence-corrected chi connectivity index (χ4v) is 5.50. The summed E-state index contributed by atoms with van der Waals surface area (Å²) in [7, 11) is 0.307. The maximum Gasteiger partial charge on any atom is 0.272 e. The molecule has 2 atom stereocenters. The Labute approximate surface area is 163 Å². The van der Waals surface area contributed by atoms with Crippen LogP contribution in [0.2, 0.25) is 0 Å². The number of aryl methyl sites for hydroxylation is 1. The van der Waals surface area contributed by atoms with Gasteiger partial charge in [0, 0.05) is 43.7 Å². The van der Waals surface area contributed by atoms with Crippen LogP contribution in [0, 0.1) is 17.6 Å². The van der Waals surface area contributed by atoms with Gasteiger partial charge in [-0.1, -0.05) is 13.8 Å². The van der Waals surface area contributed by atoms with Gasteiger partial charge < -0.3 is 9.88 Å². The van der Waals surface area contributed by atoms with Crippen LogP contribution in [0.4, 0.5) is 14.5 Å². The summed E-state index contributed by atoms with van der Waals surface area (Å²) in [6.07, 6.45) is 2.91. The summed E-state index contributed by atoms with van der Waals surface area (Å²) in [5, 5.41) is 2.59. The van der Waals surface area contributed by atoms with Gasteiger partial charge in [-0.15, -0.1) is 0 Å². The predicted molar refractivity (Wildman–Crippen MR) is 105 cm³/mol. The molecule has 1 aromatic heterocycles. The number of carbonyl (C=O) groups is 1. The molecule has 3 rings (SSSR count). The monoisotopic (exact) mass is 410 g/mol. The first-order valence-electron chi connectivity index (χ1n) is 9.03. The summed E-state index contributed by atoms with van der Waals surface area (Å²) >= 11 is 0. The number of aromatic nitrogens is 1. The normalized spacial score (nSPS) is 21.9. The lowest BCUT2D eigenvalue weighted by molar-refractivity contribution is 0.101. The first-order valence-corrected chi connectivity index (χ1v) is 10.5. The summed E-state index contributed by atoms with van der Waals surface area (Å²) in [6, 6.07) is 3.17. The van der Waals surface area contributed by atoms with E-state index in [1.807, 2.05) is 13.8 Å². The van der Waals surface area contributed by atoms with Crippen LogP contribution in [-0.2, 0) is 23.4 Å². The van der Waals surface area contributed by atoms with Crippen LogP contribution in [0.25, 0.3) is 0 Å². The zero-order valence-electron chi connectivity index (χ0n) is 16.3. The molecule has 0 radical (unpaired) electrons. The molecule has 0 bridgehead atoms. The minimum absolute atomic E-state index is 0.00369. The zero-order chi connectivity index (χ0) is 20.6. The summed E-state index contributed by atoms with van der Waals surface area (Å²) in [5.74, 6) is -2.25. The number of fused-ring (bicyclic) bond motifs is 1. The number of nitrogens with one attached hydrogen (secondary N) is 2. The van der Waals surface area contributed by atoms with E-state index in [0.717, 1.165) is 12.1 Å². The smallest absolute Gasteiger partial charge is 0.272 e. The first-order chi connectivity index (χ1) is 13.2. The number of halogens is 2. The van der Waals surface area contributed by atoms with Crippen molar-refractivity contribution in [2.45, 2.75) is 37.6 Å². The topological polar surface area (TPSA) is 75.5 Å². The van der Waals surface area contributed by atoms with E-state index in [-0.39, 0.29) is 17.6 Å². The van der Waals surface area contributed by atoms with Gasteiger partial charge in [0.1, 0.15) is 15.6 Å². The van der Waals surface area contributed by atoms with Crippen molar-refractivity contribution >= 4 is 21.5 Å². The van der Waals surface area contributed by atoms with E-state index >= 15 is 0 Å². The van der Waals surface area contributed by atoms with Gasteiger partial charge in [0.15, 0.2) is 11.6 Å². The van der Waals surface area contributed by atoms with Crippen molar-refractivity contribution in [2.24, 2.45) is 17.3 Å². The molecule has 2 N–H and O–H groups in total. The molecule has 0 saturated heterocycles. The van der Waals surface area contributed by atoms with Crippen LogP contribution in [0.5, 0.6) is 0 Å². The molecule has 1 aliphatic rings. The molecular formula is C19H24F2N4O2S. The van der Waals surface area contributed by atoms with E-state index in [9.17, 15) is 17.8 Å². The lowest BCUT2D eigenvalue weighted by Gasteiger charge is -2.21. The summed E-state index contributed by atoms with van der Waals surface area (Å²) < 4.78 is 48.9. The highest BCUT2D eigenvalue weighted by atomic mass is 32.2. The maximum absolute atomic E-state index is 13.5. The van der Waals surface area contributed by atoms with E-state index < -0.39 is 27.5 Å². The number of amides is 1. The van der Waals surface area contributed by atoms with Crippen molar-refractivity contribution in [3.8, 4) is 0 Å². The van der Waals surface area contributed by atoms with E-state index in [4.69, 9.17) is 0 Å². The van der Waals surface area contributed by atoms with Crippen LogP contribution in [0.3, 0.4) is 0 Å². The van der Waals surface area contributed by atoms with Crippen LogP contribution in [-0.4, -0.2) is 27.8 Å². The molecular weight excluding hydrogens is 386 g/mol. The minimum Gasteiger partial charge on any atom is -0.345 e. The van der Waals surface area contributed by atoms with Gasteiger partial charge in [-0.25, -0.2) is 22.1 Å². The van der Waals surface area contributed by atoms with Crippen LogP contribution in [0.1, 0.15) is 36.3 Å².